The second-order valence-corrected chi connectivity index (χ2v) is 6.27. The van der Waals surface area contributed by atoms with Crippen molar-refractivity contribution in [3.8, 4) is 11.4 Å². The average molecular weight is 382 g/mol. The van der Waals surface area contributed by atoms with E-state index in [1.165, 1.54) is 16.3 Å². The van der Waals surface area contributed by atoms with Crippen molar-refractivity contribution in [3.05, 3.63) is 60.5 Å². The Balaban J connectivity index is 0.000000224. The number of nitrogens with zero attached hydrogens (tertiary/aromatic N) is 2. The Hall–Kier alpha value is -2.99. The lowest BCUT2D eigenvalue weighted by Gasteiger charge is -2.01. The van der Waals surface area contributed by atoms with Gasteiger partial charge in [-0.2, -0.15) is 4.98 Å². The van der Waals surface area contributed by atoms with Crippen molar-refractivity contribution in [2.75, 3.05) is 20.3 Å². The Labute approximate surface area is 165 Å². The molecule has 1 heterocycles. The second-order valence-electron chi connectivity index (χ2n) is 6.27. The number of esters is 1. The molecule has 2 aromatic carbocycles. The van der Waals surface area contributed by atoms with Gasteiger partial charge in [-0.3, -0.25) is 0 Å². The molecule has 6 nitrogen and oxygen atoms in total. The number of aryl methyl sites for hydroxylation is 2. The van der Waals surface area contributed by atoms with Crippen LogP contribution in [0.1, 0.15) is 24.3 Å². The molecule has 0 radical (unpaired) electrons. The predicted molar refractivity (Wildman–Crippen MR) is 109 cm³/mol. The molecule has 0 spiro atoms. The lowest BCUT2D eigenvalue weighted by Crippen LogP contribution is -2.02. The number of benzene rings is 2. The third kappa shape index (κ3) is 6.63. The fourth-order valence-corrected chi connectivity index (χ4v) is 2.50. The molecule has 0 N–H and O–H groups in total. The molecule has 0 amide bonds. The van der Waals surface area contributed by atoms with Crippen LogP contribution in [0.15, 0.2) is 53.6 Å². The van der Waals surface area contributed by atoms with Crippen molar-refractivity contribution in [1.29, 1.82) is 0 Å². The van der Waals surface area contributed by atoms with Gasteiger partial charge in [0.05, 0.1) is 6.61 Å². The maximum absolute atomic E-state index is 10.5. The van der Waals surface area contributed by atoms with E-state index in [-0.39, 0.29) is 5.97 Å². The minimum absolute atomic E-state index is 0.359. The van der Waals surface area contributed by atoms with Gasteiger partial charge in [-0.25, -0.2) is 4.79 Å². The minimum atomic E-state index is -0.359. The van der Waals surface area contributed by atoms with E-state index >= 15 is 0 Å². The minimum Gasteiger partial charge on any atom is -0.463 e. The van der Waals surface area contributed by atoms with Crippen LogP contribution in [-0.2, 0) is 14.3 Å². The van der Waals surface area contributed by atoms with E-state index in [0.29, 0.717) is 24.9 Å². The molecule has 28 heavy (non-hydrogen) atoms. The van der Waals surface area contributed by atoms with E-state index in [1.54, 1.807) is 14.0 Å². The number of carbonyl (C=O) groups is 1. The number of unbranched alkanes of at least 4 members (excludes halogenated alkanes) is 1. The number of fused-ring (bicyclic) bond motifs is 1. The van der Waals surface area contributed by atoms with Crippen molar-refractivity contribution >= 4 is 16.7 Å². The number of hydrogen-bond acceptors (Lipinski definition) is 6. The molecular formula is C22H26N2O4. The van der Waals surface area contributed by atoms with Crippen LogP contribution in [-0.4, -0.2) is 36.4 Å². The van der Waals surface area contributed by atoms with Crippen molar-refractivity contribution in [1.82, 2.24) is 10.1 Å². The fourth-order valence-electron chi connectivity index (χ4n) is 2.50. The molecule has 0 bridgehead atoms. The van der Waals surface area contributed by atoms with E-state index in [0.717, 1.165) is 24.5 Å². The van der Waals surface area contributed by atoms with E-state index in [4.69, 9.17) is 14.0 Å². The molecule has 3 rings (SSSR count). The fraction of sp³-hybridized carbons (Fsp3) is 0.318. The first-order valence-electron chi connectivity index (χ1n) is 9.12. The lowest BCUT2D eigenvalue weighted by molar-refractivity contribution is -0.137. The molecule has 0 fully saturated rings. The van der Waals surface area contributed by atoms with Crippen LogP contribution >= 0.6 is 0 Å². The number of aromatic nitrogens is 2. The SMILES string of the molecule is C=CC(=O)OCCCCOC.Cc1ccc2ccc(-c3noc(C)n3)cc2c1. The highest BCUT2D eigenvalue weighted by Gasteiger charge is 2.06. The summed E-state index contributed by atoms with van der Waals surface area (Å²) in [6.45, 7) is 8.32. The van der Waals surface area contributed by atoms with Crippen molar-refractivity contribution in [2.24, 2.45) is 0 Å². The third-order valence-corrected chi connectivity index (χ3v) is 3.94. The highest BCUT2D eigenvalue weighted by molar-refractivity contribution is 5.86. The molecule has 0 saturated heterocycles. The van der Waals surface area contributed by atoms with Crippen LogP contribution in [0.4, 0.5) is 0 Å². The van der Waals surface area contributed by atoms with Crippen molar-refractivity contribution in [2.45, 2.75) is 26.7 Å². The Morgan fingerprint density at radius 3 is 2.54 bits per heavy atom. The summed E-state index contributed by atoms with van der Waals surface area (Å²) in [6, 6.07) is 12.6. The van der Waals surface area contributed by atoms with Crippen LogP contribution in [0.2, 0.25) is 0 Å². The normalized spacial score (nSPS) is 10.2. The largest absolute Gasteiger partial charge is 0.463 e. The Bertz CT molecular complexity index is 918. The van der Waals surface area contributed by atoms with Crippen molar-refractivity contribution < 1.29 is 18.8 Å². The molecule has 3 aromatic rings. The zero-order chi connectivity index (χ0) is 20.4. The highest BCUT2D eigenvalue weighted by atomic mass is 16.5. The Morgan fingerprint density at radius 2 is 1.86 bits per heavy atom. The number of carbonyl (C=O) groups excluding carboxylic acids is 1. The summed E-state index contributed by atoms with van der Waals surface area (Å²) in [5, 5.41) is 6.35. The molecule has 0 atom stereocenters. The van der Waals surface area contributed by atoms with Gasteiger partial charge in [0.25, 0.3) is 0 Å². The first-order chi connectivity index (χ1) is 13.5. The Morgan fingerprint density at radius 1 is 1.11 bits per heavy atom. The van der Waals surface area contributed by atoms with Gasteiger partial charge in [0.15, 0.2) is 0 Å². The second kappa shape index (κ2) is 11.0. The smallest absolute Gasteiger partial charge is 0.330 e. The van der Waals surface area contributed by atoms with Crippen LogP contribution in [0, 0.1) is 13.8 Å². The first kappa shape index (κ1) is 21.3. The standard InChI is InChI=1S/C14H12N2O.C8H14O3/c1-9-3-4-11-5-6-12(8-13(11)7-9)14-15-10(2)17-16-14;1-3-8(9)11-7-5-4-6-10-2/h3-8H,1-2H3;3H,1,4-7H2,2H3. The van der Waals surface area contributed by atoms with E-state index in [2.05, 4.69) is 54.0 Å². The van der Waals surface area contributed by atoms with Gasteiger partial charge in [0.1, 0.15) is 0 Å². The predicted octanol–water partition coefficient (Wildman–Crippen LogP) is 4.65. The zero-order valence-corrected chi connectivity index (χ0v) is 16.6. The van der Waals surface area contributed by atoms with Crippen LogP contribution in [0.25, 0.3) is 22.2 Å². The van der Waals surface area contributed by atoms with Crippen molar-refractivity contribution in [3.63, 3.8) is 0 Å². The number of rotatable bonds is 7. The maximum Gasteiger partial charge on any atom is 0.330 e. The van der Waals surface area contributed by atoms with Gasteiger partial charge in [-0.05, 0) is 36.6 Å². The summed E-state index contributed by atoms with van der Waals surface area (Å²) in [7, 11) is 1.65. The van der Waals surface area contributed by atoms with Gasteiger partial charge in [0, 0.05) is 32.3 Å². The monoisotopic (exact) mass is 382 g/mol. The molecule has 148 valence electrons. The summed E-state index contributed by atoms with van der Waals surface area (Å²) in [4.78, 5) is 14.7. The molecule has 0 saturated carbocycles. The molecule has 1 aromatic heterocycles. The van der Waals surface area contributed by atoms with Gasteiger partial charge in [-0.15, -0.1) is 0 Å². The highest BCUT2D eigenvalue weighted by Crippen LogP contribution is 2.23. The van der Waals surface area contributed by atoms with Crippen LogP contribution in [0.5, 0.6) is 0 Å². The third-order valence-electron chi connectivity index (χ3n) is 3.94. The summed E-state index contributed by atoms with van der Waals surface area (Å²) < 4.78 is 14.5. The van der Waals surface area contributed by atoms with E-state index in [1.807, 2.05) is 6.07 Å². The Kier molecular flexibility index (Phi) is 8.37. The average Bonchev–Trinajstić information content (AvgIpc) is 3.14. The van der Waals surface area contributed by atoms with Gasteiger partial charge < -0.3 is 14.0 Å². The van der Waals surface area contributed by atoms with E-state index < -0.39 is 0 Å². The molecular weight excluding hydrogens is 356 g/mol. The van der Waals surface area contributed by atoms with Gasteiger partial charge >= 0.3 is 5.97 Å². The topological polar surface area (TPSA) is 74.5 Å². The van der Waals surface area contributed by atoms with Gasteiger partial charge in [-0.1, -0.05) is 47.6 Å². The summed E-state index contributed by atoms with van der Waals surface area (Å²) in [5.41, 5.74) is 2.24. The summed E-state index contributed by atoms with van der Waals surface area (Å²) >= 11 is 0. The quantitative estimate of drug-likeness (QED) is 0.336. The molecule has 6 heteroatoms. The van der Waals surface area contributed by atoms with Crippen LogP contribution in [0.3, 0.4) is 0 Å². The number of ether oxygens (including phenoxy) is 2. The zero-order valence-electron chi connectivity index (χ0n) is 16.6. The molecule has 0 aliphatic carbocycles. The molecule has 0 aliphatic rings. The number of hydrogen-bond donors (Lipinski definition) is 0. The summed E-state index contributed by atoms with van der Waals surface area (Å²) in [5.74, 6) is 0.873. The molecule has 0 aliphatic heterocycles. The maximum atomic E-state index is 10.5. The van der Waals surface area contributed by atoms with Gasteiger partial charge in [0.2, 0.25) is 11.7 Å². The number of methoxy groups -OCH3 is 1. The summed E-state index contributed by atoms with van der Waals surface area (Å²) in [6.07, 6.45) is 2.92. The van der Waals surface area contributed by atoms with Crippen LogP contribution < -0.4 is 0 Å². The molecule has 0 unspecified atom stereocenters. The first-order valence-corrected chi connectivity index (χ1v) is 9.12. The lowest BCUT2D eigenvalue weighted by atomic mass is 10.0. The van der Waals surface area contributed by atoms with E-state index in [9.17, 15) is 4.79 Å².